The highest BCUT2D eigenvalue weighted by Gasteiger charge is 2.15. The summed E-state index contributed by atoms with van der Waals surface area (Å²) >= 11 is 12.4. The molecule has 0 fully saturated rings. The van der Waals surface area contributed by atoms with Gasteiger partial charge in [-0.25, -0.2) is 4.98 Å². The Morgan fingerprint density at radius 1 is 1.13 bits per heavy atom. The van der Waals surface area contributed by atoms with Crippen LogP contribution in [0.2, 0.25) is 10.0 Å². The molecule has 0 unspecified atom stereocenters. The molecule has 0 saturated carbocycles. The average molecular weight is 346 g/mol. The molecular formula is C17H13Cl2N3O. The molecule has 116 valence electrons. The van der Waals surface area contributed by atoms with Crippen molar-refractivity contribution in [2.75, 3.05) is 0 Å². The number of aliphatic imine (C=N–C) groups is 1. The third kappa shape index (κ3) is 3.55. The minimum Gasteiger partial charge on any atom is -0.507 e. The zero-order valence-corrected chi connectivity index (χ0v) is 13.5. The van der Waals surface area contributed by atoms with Crippen LogP contribution in [0.1, 0.15) is 11.1 Å². The molecule has 3 rings (SSSR count). The zero-order valence-electron chi connectivity index (χ0n) is 12.0. The van der Waals surface area contributed by atoms with Crippen LogP contribution in [0.25, 0.3) is 0 Å². The molecule has 0 atom stereocenters. The van der Waals surface area contributed by atoms with Crippen molar-refractivity contribution >= 4 is 28.9 Å². The van der Waals surface area contributed by atoms with E-state index >= 15 is 0 Å². The van der Waals surface area contributed by atoms with Gasteiger partial charge < -0.3 is 9.67 Å². The quantitative estimate of drug-likeness (QED) is 0.713. The van der Waals surface area contributed by atoms with Gasteiger partial charge in [-0.1, -0.05) is 41.4 Å². The lowest BCUT2D eigenvalue weighted by atomic mass is 10.0. The maximum atomic E-state index is 10.2. The van der Waals surface area contributed by atoms with Crippen LogP contribution in [-0.4, -0.2) is 20.4 Å². The van der Waals surface area contributed by atoms with E-state index in [1.807, 2.05) is 29.0 Å². The Kier molecular flexibility index (Phi) is 4.65. The molecule has 0 aliphatic rings. The summed E-state index contributed by atoms with van der Waals surface area (Å²) in [5, 5.41) is 11.3. The van der Waals surface area contributed by atoms with E-state index < -0.39 is 0 Å². The Balaban J connectivity index is 2.12. The number of rotatable bonds is 4. The van der Waals surface area contributed by atoms with Crippen molar-refractivity contribution in [3.63, 3.8) is 0 Å². The van der Waals surface area contributed by atoms with E-state index in [-0.39, 0.29) is 5.75 Å². The molecule has 0 aliphatic carbocycles. The van der Waals surface area contributed by atoms with E-state index in [4.69, 9.17) is 23.2 Å². The maximum Gasteiger partial charge on any atom is 0.125 e. The number of hydrogen-bond donors (Lipinski definition) is 1. The molecule has 1 aromatic heterocycles. The first-order chi connectivity index (χ1) is 11.1. The van der Waals surface area contributed by atoms with E-state index in [9.17, 15) is 5.11 Å². The van der Waals surface area contributed by atoms with Crippen LogP contribution >= 0.6 is 23.2 Å². The van der Waals surface area contributed by atoms with Gasteiger partial charge in [0.15, 0.2) is 0 Å². The van der Waals surface area contributed by atoms with Crippen LogP contribution in [0.15, 0.2) is 66.2 Å². The molecule has 23 heavy (non-hydrogen) atoms. The number of imidazole rings is 1. The Morgan fingerprint density at radius 3 is 2.70 bits per heavy atom. The Morgan fingerprint density at radius 2 is 1.96 bits per heavy atom. The molecule has 3 aromatic rings. The van der Waals surface area contributed by atoms with Crippen LogP contribution in [0.4, 0.5) is 0 Å². The SMILES string of the molecule is Oc1ccc(Cl)cc1/C(=N\Cn1ccnc1)c1ccccc1Cl. The van der Waals surface area contributed by atoms with Crippen molar-refractivity contribution in [3.8, 4) is 5.75 Å². The third-order valence-electron chi connectivity index (χ3n) is 3.29. The number of phenolic OH excluding ortho intramolecular Hbond substituents is 1. The van der Waals surface area contributed by atoms with E-state index in [1.165, 1.54) is 0 Å². The summed E-state index contributed by atoms with van der Waals surface area (Å²) in [7, 11) is 0. The van der Waals surface area contributed by atoms with Crippen LogP contribution in [-0.2, 0) is 6.67 Å². The number of phenols is 1. The summed E-state index contributed by atoms with van der Waals surface area (Å²) in [6.07, 6.45) is 5.17. The first kappa shape index (κ1) is 15.6. The normalized spacial score (nSPS) is 11.7. The predicted molar refractivity (Wildman–Crippen MR) is 92.4 cm³/mol. The molecule has 0 radical (unpaired) electrons. The zero-order chi connectivity index (χ0) is 16.2. The van der Waals surface area contributed by atoms with Crippen LogP contribution in [0, 0.1) is 0 Å². The molecule has 1 heterocycles. The second-order valence-electron chi connectivity index (χ2n) is 4.87. The van der Waals surface area contributed by atoms with Gasteiger partial charge in [-0.05, 0) is 24.3 Å². The second-order valence-corrected chi connectivity index (χ2v) is 5.71. The molecule has 0 amide bonds. The molecule has 0 spiro atoms. The molecule has 0 aliphatic heterocycles. The van der Waals surface area contributed by atoms with Crippen molar-refractivity contribution in [1.29, 1.82) is 0 Å². The third-order valence-corrected chi connectivity index (χ3v) is 3.86. The maximum absolute atomic E-state index is 10.2. The molecule has 2 aromatic carbocycles. The number of aromatic nitrogens is 2. The highest BCUT2D eigenvalue weighted by molar-refractivity contribution is 6.36. The van der Waals surface area contributed by atoms with Gasteiger partial charge in [-0.15, -0.1) is 0 Å². The first-order valence-corrected chi connectivity index (χ1v) is 7.65. The molecular weight excluding hydrogens is 333 g/mol. The van der Waals surface area contributed by atoms with E-state index in [2.05, 4.69) is 9.98 Å². The minimum absolute atomic E-state index is 0.0960. The molecule has 1 N–H and O–H groups in total. The van der Waals surface area contributed by atoms with Gasteiger partial charge >= 0.3 is 0 Å². The summed E-state index contributed by atoms with van der Waals surface area (Å²) in [6.45, 7) is 0.354. The fourth-order valence-electron chi connectivity index (χ4n) is 2.19. The highest BCUT2D eigenvalue weighted by Crippen LogP contribution is 2.27. The Labute approximate surface area is 143 Å². The van der Waals surface area contributed by atoms with Gasteiger partial charge in [-0.2, -0.15) is 0 Å². The fraction of sp³-hybridized carbons (Fsp3) is 0.0588. The van der Waals surface area contributed by atoms with E-state index in [1.54, 1.807) is 36.8 Å². The summed E-state index contributed by atoms with van der Waals surface area (Å²) in [6, 6.07) is 12.2. The van der Waals surface area contributed by atoms with Crippen LogP contribution in [0.5, 0.6) is 5.75 Å². The Hall–Kier alpha value is -2.30. The number of hydrogen-bond acceptors (Lipinski definition) is 3. The minimum atomic E-state index is 0.0960. The van der Waals surface area contributed by atoms with Crippen molar-refractivity contribution < 1.29 is 5.11 Å². The van der Waals surface area contributed by atoms with Gasteiger partial charge in [0, 0.05) is 33.6 Å². The number of halogens is 2. The van der Waals surface area contributed by atoms with Crippen molar-refractivity contribution in [3.05, 3.63) is 82.4 Å². The Bertz CT molecular complexity index is 845. The largest absolute Gasteiger partial charge is 0.507 e. The first-order valence-electron chi connectivity index (χ1n) is 6.89. The van der Waals surface area contributed by atoms with Gasteiger partial charge in [0.2, 0.25) is 0 Å². The summed E-state index contributed by atoms with van der Waals surface area (Å²) in [5.41, 5.74) is 1.84. The molecule has 0 saturated heterocycles. The smallest absolute Gasteiger partial charge is 0.125 e. The van der Waals surface area contributed by atoms with Crippen molar-refractivity contribution in [1.82, 2.24) is 9.55 Å². The fourth-order valence-corrected chi connectivity index (χ4v) is 2.59. The summed E-state index contributed by atoms with van der Waals surface area (Å²) in [5.74, 6) is 0.0960. The van der Waals surface area contributed by atoms with E-state index in [0.29, 0.717) is 28.0 Å². The van der Waals surface area contributed by atoms with Gasteiger partial charge in [0.05, 0.1) is 12.0 Å². The standard InChI is InChI=1S/C17H13Cl2N3O/c18-12-5-6-16(23)14(9-12)17(13-3-1-2-4-15(13)19)21-11-22-8-7-20-10-22/h1-10,23H,11H2/b21-17-. The summed E-state index contributed by atoms with van der Waals surface area (Å²) in [4.78, 5) is 8.60. The number of nitrogens with zero attached hydrogens (tertiary/aromatic N) is 3. The second kappa shape index (κ2) is 6.86. The van der Waals surface area contributed by atoms with Crippen LogP contribution in [0.3, 0.4) is 0 Å². The van der Waals surface area contributed by atoms with Gasteiger partial charge in [0.1, 0.15) is 12.4 Å². The predicted octanol–water partition coefficient (Wildman–Crippen LogP) is 4.39. The molecule has 0 bridgehead atoms. The lowest BCUT2D eigenvalue weighted by Crippen LogP contribution is -2.07. The number of benzene rings is 2. The molecule has 6 heteroatoms. The summed E-state index contributed by atoms with van der Waals surface area (Å²) < 4.78 is 1.82. The topological polar surface area (TPSA) is 50.4 Å². The number of aromatic hydroxyl groups is 1. The lowest BCUT2D eigenvalue weighted by molar-refractivity contribution is 0.474. The van der Waals surface area contributed by atoms with Crippen molar-refractivity contribution in [2.45, 2.75) is 6.67 Å². The lowest BCUT2D eigenvalue weighted by Gasteiger charge is -2.12. The molecule has 4 nitrogen and oxygen atoms in total. The van der Waals surface area contributed by atoms with Crippen molar-refractivity contribution in [2.24, 2.45) is 4.99 Å². The highest BCUT2D eigenvalue weighted by atomic mass is 35.5. The average Bonchev–Trinajstić information content (AvgIpc) is 3.06. The van der Waals surface area contributed by atoms with Gasteiger partial charge in [-0.3, -0.25) is 4.99 Å². The van der Waals surface area contributed by atoms with Crippen LogP contribution < -0.4 is 0 Å². The van der Waals surface area contributed by atoms with Gasteiger partial charge in [0.25, 0.3) is 0 Å². The monoisotopic (exact) mass is 345 g/mol. The van der Waals surface area contributed by atoms with E-state index in [0.717, 1.165) is 5.56 Å².